The van der Waals surface area contributed by atoms with E-state index in [2.05, 4.69) is 5.32 Å². The molecule has 0 spiro atoms. The first-order valence-corrected chi connectivity index (χ1v) is 6.32. The number of phenolic OH excluding ortho intramolecular Hbond substituents is 1. The summed E-state index contributed by atoms with van der Waals surface area (Å²) in [7, 11) is 0. The quantitative estimate of drug-likeness (QED) is 0.662. The molecule has 2 rings (SSSR count). The van der Waals surface area contributed by atoms with Crippen molar-refractivity contribution >= 4 is 23.0 Å². The third kappa shape index (κ3) is 3.00. The number of aryl methyl sites for hydroxylation is 1. The van der Waals surface area contributed by atoms with Crippen molar-refractivity contribution in [3.05, 3.63) is 62.7 Å². The van der Waals surface area contributed by atoms with Gasteiger partial charge in [0.05, 0.1) is 4.92 Å². The number of benzene rings is 2. The Balaban J connectivity index is 2.25. The maximum Gasteiger partial charge on any atom is 0.292 e. The molecule has 0 aliphatic carbocycles. The van der Waals surface area contributed by atoms with Crippen molar-refractivity contribution in [1.29, 1.82) is 0 Å². The summed E-state index contributed by atoms with van der Waals surface area (Å²) in [6.45, 7) is 1.99. The van der Waals surface area contributed by atoms with E-state index in [1.165, 1.54) is 12.1 Å². The van der Waals surface area contributed by atoms with E-state index in [1.54, 1.807) is 31.2 Å². The fourth-order valence-corrected chi connectivity index (χ4v) is 2.08. The van der Waals surface area contributed by atoms with E-state index in [-0.39, 0.29) is 18.0 Å². The van der Waals surface area contributed by atoms with Gasteiger partial charge in [0.25, 0.3) is 5.69 Å². The van der Waals surface area contributed by atoms with Crippen LogP contribution in [0.25, 0.3) is 0 Å². The summed E-state index contributed by atoms with van der Waals surface area (Å²) in [5.41, 5.74) is 1.70. The third-order valence-corrected chi connectivity index (χ3v) is 3.25. The second-order valence-electron chi connectivity index (χ2n) is 4.37. The number of nitrogens with one attached hydrogen (secondary N) is 1. The van der Waals surface area contributed by atoms with E-state index in [1.807, 2.05) is 0 Å². The highest BCUT2D eigenvalue weighted by atomic mass is 35.5. The summed E-state index contributed by atoms with van der Waals surface area (Å²) in [4.78, 5) is 10.6. The van der Waals surface area contributed by atoms with Crippen LogP contribution in [0, 0.1) is 17.0 Å². The summed E-state index contributed by atoms with van der Waals surface area (Å²) in [6, 6.07) is 9.72. The Morgan fingerprint density at radius 1 is 1.35 bits per heavy atom. The minimum atomic E-state index is -0.443. The van der Waals surface area contributed by atoms with Crippen molar-refractivity contribution in [1.82, 2.24) is 0 Å². The van der Waals surface area contributed by atoms with Crippen LogP contribution in [0.1, 0.15) is 11.1 Å². The van der Waals surface area contributed by atoms with Gasteiger partial charge in [-0.3, -0.25) is 10.1 Å². The van der Waals surface area contributed by atoms with Gasteiger partial charge < -0.3 is 10.4 Å². The summed E-state index contributed by atoms with van der Waals surface area (Å²) < 4.78 is 0. The van der Waals surface area contributed by atoms with Gasteiger partial charge >= 0.3 is 0 Å². The number of hydrogen-bond donors (Lipinski definition) is 2. The standard InChI is InChI=1S/C14H13ClN2O3/c1-9-5-6-12(13(7-9)17(19)20)16-8-10-11(15)3-2-4-14(10)18/h2-7,16,18H,8H2,1H3. The first-order chi connectivity index (χ1) is 9.49. The number of halogens is 1. The topological polar surface area (TPSA) is 75.4 Å². The van der Waals surface area contributed by atoms with Crippen molar-refractivity contribution in [2.24, 2.45) is 0 Å². The van der Waals surface area contributed by atoms with Gasteiger partial charge in [0, 0.05) is 23.2 Å². The highest BCUT2D eigenvalue weighted by molar-refractivity contribution is 6.31. The lowest BCUT2D eigenvalue weighted by Gasteiger charge is -2.10. The molecule has 6 heteroatoms. The lowest BCUT2D eigenvalue weighted by molar-refractivity contribution is -0.384. The second-order valence-corrected chi connectivity index (χ2v) is 4.78. The van der Waals surface area contributed by atoms with Gasteiger partial charge in [0.1, 0.15) is 11.4 Å². The minimum absolute atomic E-state index is 0.00320. The van der Waals surface area contributed by atoms with Crippen molar-refractivity contribution in [2.45, 2.75) is 13.5 Å². The predicted molar refractivity (Wildman–Crippen MR) is 78.3 cm³/mol. The van der Waals surface area contributed by atoms with E-state index >= 15 is 0 Å². The maximum absolute atomic E-state index is 11.0. The lowest BCUT2D eigenvalue weighted by atomic mass is 10.1. The Morgan fingerprint density at radius 3 is 2.75 bits per heavy atom. The van der Waals surface area contributed by atoms with E-state index in [9.17, 15) is 15.2 Å². The van der Waals surface area contributed by atoms with E-state index in [0.717, 1.165) is 5.56 Å². The van der Waals surface area contributed by atoms with E-state index in [4.69, 9.17) is 11.6 Å². The molecule has 0 fully saturated rings. The van der Waals surface area contributed by atoms with Crippen LogP contribution in [0.2, 0.25) is 5.02 Å². The molecule has 0 radical (unpaired) electrons. The molecule has 2 aromatic rings. The predicted octanol–water partition coefficient (Wildman–Crippen LogP) is 3.87. The molecule has 0 aliphatic rings. The number of anilines is 1. The van der Waals surface area contributed by atoms with Crippen LogP contribution < -0.4 is 5.32 Å². The number of phenols is 1. The van der Waals surface area contributed by atoms with Gasteiger partial charge in [-0.2, -0.15) is 0 Å². The van der Waals surface area contributed by atoms with Gasteiger partial charge in [0.2, 0.25) is 0 Å². The average molecular weight is 293 g/mol. The van der Waals surface area contributed by atoms with Gasteiger partial charge in [-0.25, -0.2) is 0 Å². The van der Waals surface area contributed by atoms with Crippen LogP contribution in [-0.2, 0) is 6.54 Å². The normalized spacial score (nSPS) is 10.3. The molecule has 2 N–H and O–H groups in total. The molecule has 0 bridgehead atoms. The van der Waals surface area contributed by atoms with Crippen LogP contribution >= 0.6 is 11.6 Å². The second kappa shape index (κ2) is 5.79. The fourth-order valence-electron chi connectivity index (χ4n) is 1.85. The minimum Gasteiger partial charge on any atom is -0.508 e. The van der Waals surface area contributed by atoms with Crippen molar-refractivity contribution in [3.63, 3.8) is 0 Å². The van der Waals surface area contributed by atoms with Crippen LogP contribution in [0.5, 0.6) is 5.75 Å². The molecule has 0 amide bonds. The zero-order chi connectivity index (χ0) is 14.7. The van der Waals surface area contributed by atoms with Crippen LogP contribution in [0.15, 0.2) is 36.4 Å². The van der Waals surface area contributed by atoms with Gasteiger partial charge in [-0.1, -0.05) is 23.7 Å². The molecule has 2 aromatic carbocycles. The molecule has 0 aromatic heterocycles. The maximum atomic E-state index is 11.0. The molecular weight excluding hydrogens is 280 g/mol. The number of nitro groups is 1. The SMILES string of the molecule is Cc1ccc(NCc2c(O)cccc2Cl)c([N+](=O)[O-])c1. The van der Waals surface area contributed by atoms with Crippen molar-refractivity contribution < 1.29 is 10.0 Å². The molecule has 0 saturated heterocycles. The van der Waals surface area contributed by atoms with Gasteiger partial charge in [-0.15, -0.1) is 0 Å². The van der Waals surface area contributed by atoms with E-state index < -0.39 is 4.92 Å². The molecular formula is C14H13ClN2O3. The average Bonchev–Trinajstić information content (AvgIpc) is 2.39. The smallest absolute Gasteiger partial charge is 0.292 e. The summed E-state index contributed by atoms with van der Waals surface area (Å²) in [6.07, 6.45) is 0. The van der Waals surface area contributed by atoms with Crippen LogP contribution in [-0.4, -0.2) is 10.0 Å². The molecule has 0 atom stereocenters. The third-order valence-electron chi connectivity index (χ3n) is 2.90. The lowest BCUT2D eigenvalue weighted by Crippen LogP contribution is -2.03. The summed E-state index contributed by atoms with van der Waals surface area (Å²) in [5.74, 6) is 0.0553. The number of hydrogen-bond acceptors (Lipinski definition) is 4. The first-order valence-electron chi connectivity index (χ1n) is 5.94. The van der Waals surface area contributed by atoms with Gasteiger partial charge in [-0.05, 0) is 30.7 Å². The Labute approximate surface area is 121 Å². The molecule has 104 valence electrons. The highest BCUT2D eigenvalue weighted by Gasteiger charge is 2.14. The Morgan fingerprint density at radius 2 is 2.10 bits per heavy atom. The molecule has 5 nitrogen and oxygen atoms in total. The number of aromatic hydroxyl groups is 1. The van der Waals surface area contributed by atoms with Crippen molar-refractivity contribution in [2.75, 3.05) is 5.32 Å². The molecule has 0 aliphatic heterocycles. The van der Waals surface area contributed by atoms with Gasteiger partial charge in [0.15, 0.2) is 0 Å². The largest absolute Gasteiger partial charge is 0.508 e. The molecule has 0 unspecified atom stereocenters. The molecule has 0 saturated carbocycles. The van der Waals surface area contributed by atoms with E-state index in [0.29, 0.717) is 16.3 Å². The first kappa shape index (κ1) is 14.1. The van der Waals surface area contributed by atoms with Crippen LogP contribution in [0.3, 0.4) is 0 Å². The summed E-state index contributed by atoms with van der Waals surface area (Å²) >= 11 is 5.99. The Bertz CT molecular complexity index is 639. The Kier molecular flexibility index (Phi) is 4.10. The highest BCUT2D eigenvalue weighted by Crippen LogP contribution is 2.29. The monoisotopic (exact) mass is 292 g/mol. The van der Waals surface area contributed by atoms with Crippen LogP contribution in [0.4, 0.5) is 11.4 Å². The zero-order valence-corrected chi connectivity index (χ0v) is 11.5. The number of rotatable bonds is 4. The summed E-state index contributed by atoms with van der Waals surface area (Å²) in [5, 5.41) is 24.1. The fraction of sp³-hybridized carbons (Fsp3) is 0.143. The number of nitro benzene ring substituents is 1. The Hall–Kier alpha value is -2.27. The number of nitrogens with zero attached hydrogens (tertiary/aromatic N) is 1. The molecule has 20 heavy (non-hydrogen) atoms. The zero-order valence-electron chi connectivity index (χ0n) is 10.8. The van der Waals surface area contributed by atoms with Crippen molar-refractivity contribution in [3.8, 4) is 5.75 Å². The molecule has 0 heterocycles.